The van der Waals surface area contributed by atoms with E-state index in [0.29, 0.717) is 5.69 Å². The molecule has 1 aromatic carbocycles. The van der Waals surface area contributed by atoms with Gasteiger partial charge in [-0.25, -0.2) is 4.98 Å². The van der Waals surface area contributed by atoms with E-state index in [4.69, 9.17) is 5.73 Å². The van der Waals surface area contributed by atoms with Gasteiger partial charge < -0.3 is 10.6 Å². The zero-order chi connectivity index (χ0) is 15.5. The zero-order valence-electron chi connectivity index (χ0n) is 12.5. The van der Waals surface area contributed by atoms with Gasteiger partial charge in [-0.15, -0.1) is 11.3 Å². The number of thiazole rings is 1. The van der Waals surface area contributed by atoms with E-state index >= 15 is 0 Å². The van der Waals surface area contributed by atoms with Gasteiger partial charge >= 0.3 is 0 Å². The van der Waals surface area contributed by atoms with Crippen LogP contribution in [0.25, 0.3) is 0 Å². The first-order chi connectivity index (χ1) is 10.7. The first kappa shape index (κ1) is 15.5. The molecule has 116 valence electrons. The van der Waals surface area contributed by atoms with Crippen LogP contribution in [-0.2, 0) is 6.42 Å². The number of fused-ring (bicyclic) bond motifs is 1. The maximum Gasteiger partial charge on any atom is 0.277 e. The molecule has 1 aliphatic heterocycles. The van der Waals surface area contributed by atoms with Crippen LogP contribution >= 0.6 is 23.1 Å². The fraction of sp³-hybridized carbons (Fsp3) is 0.375. The number of nitrogens with two attached hydrogens (primary N) is 1. The highest BCUT2D eigenvalue weighted by Gasteiger charge is 2.27. The van der Waals surface area contributed by atoms with Gasteiger partial charge in [-0.05, 0) is 36.5 Å². The minimum atomic E-state index is -0.0788. The molecular weight excluding hydrogens is 314 g/mol. The molecule has 2 N–H and O–H groups in total. The van der Waals surface area contributed by atoms with Crippen LogP contribution in [0.4, 0.5) is 5.69 Å². The summed E-state index contributed by atoms with van der Waals surface area (Å²) < 4.78 is 0. The normalized spacial score (nSPS) is 14.9. The molecule has 0 bridgehead atoms. The summed E-state index contributed by atoms with van der Waals surface area (Å²) in [6.07, 6.45) is 3.86. The largest absolute Gasteiger partial charge is 0.322 e. The van der Waals surface area contributed by atoms with Crippen LogP contribution in [0.2, 0.25) is 0 Å². The minimum absolute atomic E-state index is 0.0236. The number of aromatic nitrogens is 1. The molecule has 1 aliphatic rings. The fourth-order valence-electron chi connectivity index (χ4n) is 2.61. The number of benzene rings is 1. The first-order valence-corrected chi connectivity index (χ1v) is 9.57. The third-order valence-electron chi connectivity index (χ3n) is 3.82. The third kappa shape index (κ3) is 3.04. The summed E-state index contributed by atoms with van der Waals surface area (Å²) in [5, 5.41) is 2.68. The van der Waals surface area contributed by atoms with E-state index in [0.717, 1.165) is 35.8 Å². The smallest absolute Gasteiger partial charge is 0.277 e. The van der Waals surface area contributed by atoms with Crippen LogP contribution in [-0.4, -0.2) is 29.4 Å². The van der Waals surface area contributed by atoms with Gasteiger partial charge in [-0.3, -0.25) is 4.79 Å². The highest BCUT2D eigenvalue weighted by atomic mass is 32.2. The molecule has 0 saturated heterocycles. The molecule has 0 radical (unpaired) electrons. The van der Waals surface area contributed by atoms with Crippen molar-refractivity contribution in [1.29, 1.82) is 0 Å². The molecule has 0 fully saturated rings. The molecule has 2 heterocycles. The van der Waals surface area contributed by atoms with Gasteiger partial charge in [-0.2, -0.15) is 11.8 Å². The third-order valence-corrected chi connectivity index (χ3v) is 5.44. The molecule has 1 unspecified atom stereocenters. The molecule has 3 rings (SSSR count). The fourth-order valence-corrected chi connectivity index (χ4v) is 3.93. The molecule has 6 heteroatoms. The van der Waals surface area contributed by atoms with Crippen molar-refractivity contribution in [1.82, 2.24) is 4.98 Å². The summed E-state index contributed by atoms with van der Waals surface area (Å²) in [7, 11) is 0. The van der Waals surface area contributed by atoms with Crippen molar-refractivity contribution in [3.05, 3.63) is 45.9 Å². The average molecular weight is 333 g/mol. The molecule has 1 amide bonds. The number of thioether (sulfide) groups is 1. The van der Waals surface area contributed by atoms with Gasteiger partial charge in [0, 0.05) is 17.6 Å². The maximum absolute atomic E-state index is 12.7. The van der Waals surface area contributed by atoms with Crippen LogP contribution in [0.1, 0.15) is 33.5 Å². The van der Waals surface area contributed by atoms with Crippen molar-refractivity contribution in [2.45, 2.75) is 18.9 Å². The van der Waals surface area contributed by atoms with E-state index in [1.54, 1.807) is 11.8 Å². The Kier molecular flexibility index (Phi) is 4.81. The molecule has 1 aromatic heterocycles. The second-order valence-electron chi connectivity index (χ2n) is 5.29. The molecule has 2 aromatic rings. The van der Waals surface area contributed by atoms with Gasteiger partial charge in [0.15, 0.2) is 0 Å². The zero-order valence-corrected chi connectivity index (χ0v) is 14.1. The van der Waals surface area contributed by atoms with Gasteiger partial charge in [0.25, 0.3) is 5.91 Å². The van der Waals surface area contributed by atoms with Crippen molar-refractivity contribution in [2.24, 2.45) is 5.73 Å². The number of nitrogens with zero attached hydrogens (tertiary/aromatic N) is 2. The minimum Gasteiger partial charge on any atom is -0.322 e. The van der Waals surface area contributed by atoms with Gasteiger partial charge in [0.05, 0.1) is 6.04 Å². The lowest BCUT2D eigenvalue weighted by Crippen LogP contribution is -2.29. The van der Waals surface area contributed by atoms with Gasteiger partial charge in [0.1, 0.15) is 10.7 Å². The van der Waals surface area contributed by atoms with Crippen molar-refractivity contribution in [2.75, 3.05) is 23.5 Å². The summed E-state index contributed by atoms with van der Waals surface area (Å²) in [5.41, 5.74) is 8.88. The van der Waals surface area contributed by atoms with Crippen LogP contribution in [0.3, 0.4) is 0 Å². The number of amides is 1. The standard InChI is InChI=1S/C16H19N3OS2/c1-21-9-7-12(17)15-18-13(10-22-15)16(20)19-8-6-11-4-2-3-5-14(11)19/h2-5,10,12H,6-9,17H2,1H3. The summed E-state index contributed by atoms with van der Waals surface area (Å²) in [4.78, 5) is 19.0. The molecule has 22 heavy (non-hydrogen) atoms. The molecule has 0 aliphatic carbocycles. The predicted octanol–water partition coefficient (Wildman–Crippen LogP) is 3.10. The van der Waals surface area contributed by atoms with E-state index in [1.807, 2.05) is 28.5 Å². The Hall–Kier alpha value is -1.37. The molecule has 1 atom stereocenters. The highest BCUT2D eigenvalue weighted by molar-refractivity contribution is 7.98. The summed E-state index contributed by atoms with van der Waals surface area (Å²) in [5.74, 6) is 0.980. The predicted molar refractivity (Wildman–Crippen MR) is 93.9 cm³/mol. The van der Waals surface area contributed by atoms with Crippen LogP contribution in [0.5, 0.6) is 0 Å². The summed E-state index contributed by atoms with van der Waals surface area (Å²) >= 11 is 3.26. The molecule has 0 spiro atoms. The van der Waals surface area contributed by atoms with Gasteiger partial charge in [-0.1, -0.05) is 18.2 Å². The molecule has 0 saturated carbocycles. The van der Waals surface area contributed by atoms with E-state index in [2.05, 4.69) is 17.3 Å². The highest BCUT2D eigenvalue weighted by Crippen LogP contribution is 2.29. The lowest BCUT2D eigenvalue weighted by atomic mass is 10.2. The lowest BCUT2D eigenvalue weighted by molar-refractivity contribution is 0.0985. The van der Waals surface area contributed by atoms with Crippen LogP contribution < -0.4 is 10.6 Å². The number of carbonyl (C=O) groups is 1. The number of carbonyl (C=O) groups excluding carboxylic acids is 1. The Morgan fingerprint density at radius 3 is 3.14 bits per heavy atom. The Morgan fingerprint density at radius 2 is 2.32 bits per heavy atom. The van der Waals surface area contributed by atoms with Crippen LogP contribution in [0, 0.1) is 0 Å². The lowest BCUT2D eigenvalue weighted by Gasteiger charge is -2.15. The Morgan fingerprint density at radius 1 is 1.50 bits per heavy atom. The number of hydrogen-bond acceptors (Lipinski definition) is 5. The van der Waals surface area contributed by atoms with E-state index in [9.17, 15) is 4.79 Å². The molecular formula is C16H19N3OS2. The van der Waals surface area contributed by atoms with E-state index < -0.39 is 0 Å². The van der Waals surface area contributed by atoms with Crippen molar-refractivity contribution >= 4 is 34.7 Å². The number of hydrogen-bond donors (Lipinski definition) is 1. The number of rotatable bonds is 5. The number of anilines is 1. The molecule has 4 nitrogen and oxygen atoms in total. The monoisotopic (exact) mass is 333 g/mol. The maximum atomic E-state index is 12.7. The van der Waals surface area contributed by atoms with Crippen LogP contribution in [0.15, 0.2) is 29.6 Å². The van der Waals surface area contributed by atoms with E-state index in [1.165, 1.54) is 16.9 Å². The van der Waals surface area contributed by atoms with Crippen molar-refractivity contribution in [3.63, 3.8) is 0 Å². The van der Waals surface area contributed by atoms with Crippen molar-refractivity contribution < 1.29 is 4.79 Å². The Bertz CT molecular complexity index is 671. The Balaban J connectivity index is 1.75. The average Bonchev–Trinajstić information content (AvgIpc) is 3.19. The topological polar surface area (TPSA) is 59.2 Å². The second kappa shape index (κ2) is 6.81. The van der Waals surface area contributed by atoms with E-state index in [-0.39, 0.29) is 11.9 Å². The second-order valence-corrected chi connectivity index (χ2v) is 7.17. The SMILES string of the molecule is CSCCC(N)c1nc(C(=O)N2CCc3ccccc32)cs1. The van der Waals surface area contributed by atoms with Gasteiger partial charge in [0.2, 0.25) is 0 Å². The first-order valence-electron chi connectivity index (χ1n) is 7.30. The summed E-state index contributed by atoms with van der Waals surface area (Å²) in [6.45, 7) is 0.726. The quantitative estimate of drug-likeness (QED) is 0.913. The summed E-state index contributed by atoms with van der Waals surface area (Å²) in [6, 6.07) is 7.98. The number of para-hydroxylation sites is 1. The Labute approximate surface area is 138 Å². The van der Waals surface area contributed by atoms with Crippen molar-refractivity contribution in [3.8, 4) is 0 Å².